The second-order valence-corrected chi connectivity index (χ2v) is 5.39. The number of rotatable bonds is 8. The second kappa shape index (κ2) is 9.53. The molecule has 26 heavy (non-hydrogen) atoms. The first-order valence-electron chi connectivity index (χ1n) is 8.25. The van der Waals surface area contributed by atoms with Gasteiger partial charge in [-0.3, -0.25) is 0 Å². The lowest BCUT2D eigenvalue weighted by atomic mass is 10.1. The van der Waals surface area contributed by atoms with Crippen LogP contribution >= 0.6 is 0 Å². The summed E-state index contributed by atoms with van der Waals surface area (Å²) in [5, 5.41) is 15.8. The predicted octanol–water partition coefficient (Wildman–Crippen LogP) is 2.96. The van der Waals surface area contributed by atoms with Crippen molar-refractivity contribution in [3.8, 4) is 17.2 Å². The molecule has 2 rings (SSSR count). The zero-order chi connectivity index (χ0) is 18.9. The zero-order valence-corrected chi connectivity index (χ0v) is 15.1. The van der Waals surface area contributed by atoms with E-state index in [1.807, 2.05) is 13.0 Å². The Bertz CT molecular complexity index is 736. The molecule has 2 amide bonds. The van der Waals surface area contributed by atoms with Crippen molar-refractivity contribution in [3.05, 3.63) is 48.0 Å². The molecule has 0 saturated carbocycles. The maximum Gasteiger partial charge on any atom is 0.319 e. The van der Waals surface area contributed by atoms with Gasteiger partial charge in [0.1, 0.15) is 23.4 Å². The van der Waals surface area contributed by atoms with Gasteiger partial charge in [-0.15, -0.1) is 0 Å². The zero-order valence-electron chi connectivity index (χ0n) is 15.1. The Morgan fingerprint density at radius 3 is 2.58 bits per heavy atom. The second-order valence-electron chi connectivity index (χ2n) is 5.39. The van der Waals surface area contributed by atoms with Crippen molar-refractivity contribution in [2.24, 2.45) is 0 Å². The highest BCUT2D eigenvalue weighted by Crippen LogP contribution is 2.29. The fraction of sp³-hybridized carbons (Fsp3) is 0.316. The third kappa shape index (κ3) is 5.03. The number of carbonyl (C=O) groups is 1. The lowest BCUT2D eigenvalue weighted by Crippen LogP contribution is -2.32. The molecule has 0 aliphatic carbocycles. The highest BCUT2D eigenvalue weighted by molar-refractivity contribution is 5.90. The number of nitrogens with one attached hydrogen (secondary N) is 2. The molecule has 0 spiro atoms. The number of para-hydroxylation sites is 2. The molecule has 0 aliphatic heterocycles. The summed E-state index contributed by atoms with van der Waals surface area (Å²) in [6.45, 7) is 2.37. The smallest absolute Gasteiger partial charge is 0.319 e. The largest absolute Gasteiger partial charge is 0.497 e. The summed E-state index contributed by atoms with van der Waals surface area (Å²) in [6, 6.07) is 11.8. The molecule has 0 fully saturated rings. The highest BCUT2D eigenvalue weighted by atomic mass is 16.5. The van der Waals surface area contributed by atoms with Crippen molar-refractivity contribution >= 4 is 11.7 Å². The Morgan fingerprint density at radius 1 is 1.12 bits per heavy atom. The van der Waals surface area contributed by atoms with Crippen LogP contribution in [0.5, 0.6) is 17.2 Å². The molecule has 0 heterocycles. The summed E-state index contributed by atoms with van der Waals surface area (Å²) in [5.74, 6) is 1.69. The number of hydrogen-bond donors (Lipinski definition) is 3. The van der Waals surface area contributed by atoms with Gasteiger partial charge in [-0.25, -0.2) is 4.79 Å². The molecule has 7 nitrogen and oxygen atoms in total. The van der Waals surface area contributed by atoms with Crippen molar-refractivity contribution in [1.82, 2.24) is 5.32 Å². The lowest BCUT2D eigenvalue weighted by molar-refractivity contribution is 0.170. The molecule has 7 heteroatoms. The van der Waals surface area contributed by atoms with Crippen LogP contribution in [0.15, 0.2) is 42.5 Å². The number of benzene rings is 2. The Labute approximate surface area is 152 Å². The summed E-state index contributed by atoms with van der Waals surface area (Å²) in [6.07, 6.45) is -0.951. The quantitative estimate of drug-likeness (QED) is 0.673. The monoisotopic (exact) mass is 360 g/mol. The fourth-order valence-corrected chi connectivity index (χ4v) is 2.42. The Morgan fingerprint density at radius 2 is 1.88 bits per heavy atom. The van der Waals surface area contributed by atoms with Gasteiger partial charge in [-0.2, -0.15) is 0 Å². The standard InChI is InChI=1S/C19H24N2O5/c1-4-26-18-8-6-5-7-15(18)21-19(23)20-12-16(22)14-11-13(24-2)9-10-17(14)25-3/h5-11,16,22H,4,12H2,1-3H3,(H2,20,21,23). The minimum Gasteiger partial charge on any atom is -0.497 e. The molecule has 0 aliphatic rings. The molecule has 0 radical (unpaired) electrons. The molecule has 3 N–H and O–H groups in total. The van der Waals surface area contributed by atoms with Crippen LogP contribution < -0.4 is 24.8 Å². The van der Waals surface area contributed by atoms with Gasteiger partial charge in [0, 0.05) is 12.1 Å². The van der Waals surface area contributed by atoms with Gasteiger partial charge in [-0.1, -0.05) is 12.1 Å². The fourth-order valence-electron chi connectivity index (χ4n) is 2.42. The van der Waals surface area contributed by atoms with Crippen LogP contribution in [0.25, 0.3) is 0 Å². The topological polar surface area (TPSA) is 89.1 Å². The molecule has 2 aromatic carbocycles. The van der Waals surface area contributed by atoms with Gasteiger partial charge < -0.3 is 30.0 Å². The van der Waals surface area contributed by atoms with Crippen LogP contribution in [0.1, 0.15) is 18.6 Å². The van der Waals surface area contributed by atoms with Crippen LogP contribution in [0.4, 0.5) is 10.5 Å². The predicted molar refractivity (Wildman–Crippen MR) is 99.1 cm³/mol. The third-order valence-corrected chi connectivity index (χ3v) is 3.69. The maximum absolute atomic E-state index is 12.1. The third-order valence-electron chi connectivity index (χ3n) is 3.69. The van der Waals surface area contributed by atoms with E-state index >= 15 is 0 Å². The SMILES string of the molecule is CCOc1ccccc1NC(=O)NCC(O)c1cc(OC)ccc1OC. The highest BCUT2D eigenvalue weighted by Gasteiger charge is 2.16. The number of amides is 2. The maximum atomic E-state index is 12.1. The molecular weight excluding hydrogens is 336 g/mol. The van der Waals surface area contributed by atoms with Gasteiger partial charge in [-0.05, 0) is 37.3 Å². The molecule has 1 atom stereocenters. The van der Waals surface area contributed by atoms with Crippen molar-refractivity contribution < 1.29 is 24.1 Å². The van der Waals surface area contributed by atoms with E-state index in [0.29, 0.717) is 35.1 Å². The first-order valence-corrected chi connectivity index (χ1v) is 8.25. The minimum absolute atomic E-state index is 0.00611. The van der Waals surface area contributed by atoms with E-state index in [0.717, 1.165) is 0 Å². The van der Waals surface area contributed by atoms with E-state index < -0.39 is 12.1 Å². The molecular formula is C19H24N2O5. The van der Waals surface area contributed by atoms with Crippen LogP contribution in [0.3, 0.4) is 0 Å². The van der Waals surface area contributed by atoms with Crippen molar-refractivity contribution in [3.63, 3.8) is 0 Å². The number of aliphatic hydroxyl groups excluding tert-OH is 1. The first kappa shape index (κ1) is 19.4. The normalized spacial score (nSPS) is 11.4. The summed E-state index contributed by atoms with van der Waals surface area (Å²) >= 11 is 0. The Hall–Kier alpha value is -2.93. The molecule has 140 valence electrons. The average Bonchev–Trinajstić information content (AvgIpc) is 2.67. The number of carbonyl (C=O) groups excluding carboxylic acids is 1. The number of urea groups is 1. The Balaban J connectivity index is 1.99. The summed E-state index contributed by atoms with van der Waals surface area (Å²) < 4.78 is 15.9. The molecule has 0 bridgehead atoms. The summed E-state index contributed by atoms with van der Waals surface area (Å²) in [4.78, 5) is 12.1. The van der Waals surface area contributed by atoms with E-state index in [-0.39, 0.29) is 6.54 Å². The number of aliphatic hydroxyl groups is 1. The number of hydrogen-bond acceptors (Lipinski definition) is 5. The molecule has 1 unspecified atom stereocenters. The van der Waals surface area contributed by atoms with E-state index in [4.69, 9.17) is 14.2 Å². The van der Waals surface area contributed by atoms with E-state index in [2.05, 4.69) is 10.6 Å². The Kier molecular flexibility index (Phi) is 7.11. The van der Waals surface area contributed by atoms with E-state index in [1.165, 1.54) is 7.11 Å². The van der Waals surface area contributed by atoms with Crippen molar-refractivity contribution in [2.75, 3.05) is 32.7 Å². The average molecular weight is 360 g/mol. The number of anilines is 1. The molecule has 0 aromatic heterocycles. The number of ether oxygens (including phenoxy) is 3. The van der Waals surface area contributed by atoms with Crippen LogP contribution in [-0.2, 0) is 0 Å². The van der Waals surface area contributed by atoms with Crippen LogP contribution in [-0.4, -0.2) is 38.5 Å². The van der Waals surface area contributed by atoms with Crippen LogP contribution in [0.2, 0.25) is 0 Å². The van der Waals surface area contributed by atoms with E-state index in [1.54, 1.807) is 43.5 Å². The van der Waals surface area contributed by atoms with Gasteiger partial charge in [0.15, 0.2) is 0 Å². The van der Waals surface area contributed by atoms with Gasteiger partial charge in [0.05, 0.1) is 26.5 Å². The van der Waals surface area contributed by atoms with Crippen LogP contribution in [0, 0.1) is 0 Å². The first-order chi connectivity index (χ1) is 12.6. The van der Waals surface area contributed by atoms with Gasteiger partial charge in [0.25, 0.3) is 0 Å². The number of methoxy groups -OCH3 is 2. The van der Waals surface area contributed by atoms with Gasteiger partial charge in [0.2, 0.25) is 0 Å². The minimum atomic E-state index is -0.951. The van der Waals surface area contributed by atoms with Gasteiger partial charge >= 0.3 is 6.03 Å². The van der Waals surface area contributed by atoms with Crippen molar-refractivity contribution in [2.45, 2.75) is 13.0 Å². The lowest BCUT2D eigenvalue weighted by Gasteiger charge is -2.17. The molecule has 0 saturated heterocycles. The summed E-state index contributed by atoms with van der Waals surface area (Å²) in [7, 11) is 3.06. The summed E-state index contributed by atoms with van der Waals surface area (Å²) in [5.41, 5.74) is 1.09. The van der Waals surface area contributed by atoms with E-state index in [9.17, 15) is 9.90 Å². The van der Waals surface area contributed by atoms with Crippen molar-refractivity contribution in [1.29, 1.82) is 0 Å². The molecule has 2 aromatic rings.